The van der Waals surface area contributed by atoms with E-state index in [1.165, 1.54) is 0 Å². The van der Waals surface area contributed by atoms with Crippen molar-refractivity contribution in [3.8, 4) is 0 Å². The summed E-state index contributed by atoms with van der Waals surface area (Å²) >= 11 is 0. The Balaban J connectivity index is 1.56. The van der Waals surface area contributed by atoms with Crippen molar-refractivity contribution < 1.29 is 14.3 Å². The number of rotatable bonds is 3. The number of carbonyl (C=O) groups is 2. The van der Waals surface area contributed by atoms with Gasteiger partial charge in [-0.25, -0.2) is 0 Å². The van der Waals surface area contributed by atoms with Gasteiger partial charge < -0.3 is 14.5 Å². The standard InChI is InChI=1S/C17H26N4O3/c1-12-11-13(2)21(18-12)14(3)16(22)19-6-8-20(9-7-19)17(23)15-5-4-10-24-15/h11,14-15H,4-10H2,1-3H3. The van der Waals surface area contributed by atoms with Crippen LogP contribution in [0.4, 0.5) is 0 Å². The molecule has 1 aromatic rings. The summed E-state index contributed by atoms with van der Waals surface area (Å²) in [5.41, 5.74) is 1.90. The maximum Gasteiger partial charge on any atom is 0.251 e. The lowest BCUT2D eigenvalue weighted by molar-refractivity contribution is -0.147. The molecule has 3 heterocycles. The van der Waals surface area contributed by atoms with Gasteiger partial charge in [-0.05, 0) is 39.7 Å². The molecule has 2 amide bonds. The second kappa shape index (κ2) is 6.93. The minimum Gasteiger partial charge on any atom is -0.368 e. The zero-order chi connectivity index (χ0) is 17.3. The van der Waals surface area contributed by atoms with Crippen LogP contribution in [0.5, 0.6) is 0 Å². The topological polar surface area (TPSA) is 67.7 Å². The molecule has 132 valence electrons. The summed E-state index contributed by atoms with van der Waals surface area (Å²) in [6.45, 7) is 8.74. The SMILES string of the molecule is Cc1cc(C)n(C(C)C(=O)N2CCN(C(=O)C3CCCO3)CC2)n1. The molecular formula is C17H26N4O3. The van der Waals surface area contributed by atoms with Crippen molar-refractivity contribution in [2.45, 2.75) is 45.8 Å². The third-order valence-electron chi connectivity index (χ3n) is 4.88. The zero-order valence-electron chi connectivity index (χ0n) is 14.7. The molecule has 7 nitrogen and oxygen atoms in total. The van der Waals surface area contributed by atoms with E-state index in [0.717, 1.165) is 24.2 Å². The second-order valence-corrected chi connectivity index (χ2v) is 6.70. The van der Waals surface area contributed by atoms with Crippen molar-refractivity contribution in [1.29, 1.82) is 0 Å². The highest BCUT2D eigenvalue weighted by molar-refractivity contribution is 5.82. The van der Waals surface area contributed by atoms with Crippen LogP contribution in [0.2, 0.25) is 0 Å². The van der Waals surface area contributed by atoms with E-state index in [0.29, 0.717) is 32.8 Å². The lowest BCUT2D eigenvalue weighted by Crippen LogP contribution is -2.53. The van der Waals surface area contributed by atoms with Crippen LogP contribution in [0.25, 0.3) is 0 Å². The molecule has 7 heteroatoms. The highest BCUT2D eigenvalue weighted by Gasteiger charge is 2.32. The van der Waals surface area contributed by atoms with E-state index in [9.17, 15) is 9.59 Å². The fraction of sp³-hybridized carbons (Fsp3) is 0.706. The second-order valence-electron chi connectivity index (χ2n) is 6.70. The quantitative estimate of drug-likeness (QED) is 0.824. The Kier molecular flexibility index (Phi) is 4.89. The number of aromatic nitrogens is 2. The zero-order valence-corrected chi connectivity index (χ0v) is 14.7. The first-order chi connectivity index (χ1) is 11.5. The van der Waals surface area contributed by atoms with Gasteiger partial charge in [0.1, 0.15) is 12.1 Å². The molecule has 24 heavy (non-hydrogen) atoms. The van der Waals surface area contributed by atoms with Gasteiger partial charge in [-0.15, -0.1) is 0 Å². The van der Waals surface area contributed by atoms with Crippen LogP contribution in [-0.4, -0.2) is 70.3 Å². The highest BCUT2D eigenvalue weighted by Crippen LogP contribution is 2.18. The molecule has 0 radical (unpaired) electrons. The Morgan fingerprint density at radius 3 is 2.42 bits per heavy atom. The highest BCUT2D eigenvalue weighted by atomic mass is 16.5. The average molecular weight is 334 g/mol. The fourth-order valence-electron chi connectivity index (χ4n) is 3.53. The van der Waals surface area contributed by atoms with Crippen LogP contribution >= 0.6 is 0 Å². The van der Waals surface area contributed by atoms with Crippen LogP contribution in [0.15, 0.2) is 6.07 Å². The Labute approximate surface area is 142 Å². The van der Waals surface area contributed by atoms with Crippen LogP contribution in [0.3, 0.4) is 0 Å². The molecule has 1 aromatic heterocycles. The average Bonchev–Trinajstić information content (AvgIpc) is 3.22. The van der Waals surface area contributed by atoms with Gasteiger partial charge in [0.2, 0.25) is 5.91 Å². The minimum absolute atomic E-state index is 0.0606. The molecule has 2 fully saturated rings. The van der Waals surface area contributed by atoms with E-state index in [-0.39, 0.29) is 24.0 Å². The number of nitrogens with zero attached hydrogens (tertiary/aromatic N) is 4. The Morgan fingerprint density at radius 1 is 1.21 bits per heavy atom. The molecule has 0 saturated carbocycles. The number of aryl methyl sites for hydroxylation is 2. The fourth-order valence-corrected chi connectivity index (χ4v) is 3.53. The number of carbonyl (C=O) groups excluding carboxylic acids is 2. The van der Waals surface area contributed by atoms with E-state index in [1.807, 2.05) is 36.6 Å². The Hall–Kier alpha value is -1.89. The van der Waals surface area contributed by atoms with Crippen molar-refractivity contribution in [3.63, 3.8) is 0 Å². The maximum atomic E-state index is 12.7. The first kappa shape index (κ1) is 17.0. The van der Waals surface area contributed by atoms with Gasteiger partial charge in [0.05, 0.1) is 5.69 Å². The van der Waals surface area contributed by atoms with E-state index in [4.69, 9.17) is 4.74 Å². The van der Waals surface area contributed by atoms with Crippen LogP contribution in [-0.2, 0) is 14.3 Å². The van der Waals surface area contributed by atoms with Gasteiger partial charge in [0, 0.05) is 38.5 Å². The Bertz CT molecular complexity index is 613. The molecule has 0 N–H and O–H groups in total. The molecule has 2 unspecified atom stereocenters. The molecule has 0 aromatic carbocycles. The normalized spacial score (nSPS) is 22.7. The molecule has 2 aliphatic rings. The number of amides is 2. The first-order valence-electron chi connectivity index (χ1n) is 8.69. The molecule has 3 rings (SSSR count). The molecule has 0 aliphatic carbocycles. The summed E-state index contributed by atoms with van der Waals surface area (Å²) in [5.74, 6) is 0.136. The molecule has 2 atom stereocenters. The summed E-state index contributed by atoms with van der Waals surface area (Å²) in [6.07, 6.45) is 1.49. The number of hydrogen-bond donors (Lipinski definition) is 0. The third kappa shape index (κ3) is 3.31. The van der Waals surface area contributed by atoms with Crippen molar-refractivity contribution in [2.75, 3.05) is 32.8 Å². The summed E-state index contributed by atoms with van der Waals surface area (Å²) in [6, 6.07) is 1.65. The smallest absolute Gasteiger partial charge is 0.251 e. The van der Waals surface area contributed by atoms with E-state index >= 15 is 0 Å². The summed E-state index contributed by atoms with van der Waals surface area (Å²) in [7, 11) is 0. The van der Waals surface area contributed by atoms with Gasteiger partial charge in [-0.3, -0.25) is 14.3 Å². The maximum absolute atomic E-state index is 12.7. The van der Waals surface area contributed by atoms with Crippen LogP contribution in [0.1, 0.15) is 37.2 Å². The first-order valence-corrected chi connectivity index (χ1v) is 8.69. The predicted octanol–water partition coefficient (Wildman–Crippen LogP) is 0.911. The minimum atomic E-state index is -0.320. The van der Waals surface area contributed by atoms with Gasteiger partial charge in [-0.1, -0.05) is 0 Å². The third-order valence-corrected chi connectivity index (χ3v) is 4.88. The van der Waals surface area contributed by atoms with Gasteiger partial charge in [0.15, 0.2) is 0 Å². The van der Waals surface area contributed by atoms with Gasteiger partial charge in [0.25, 0.3) is 5.91 Å². The van der Waals surface area contributed by atoms with E-state index in [2.05, 4.69) is 5.10 Å². The van der Waals surface area contributed by atoms with Crippen LogP contribution in [0, 0.1) is 13.8 Å². The molecule has 0 spiro atoms. The summed E-state index contributed by atoms with van der Waals surface area (Å²) in [4.78, 5) is 28.8. The largest absolute Gasteiger partial charge is 0.368 e. The van der Waals surface area contributed by atoms with Gasteiger partial charge in [-0.2, -0.15) is 5.10 Å². The summed E-state index contributed by atoms with van der Waals surface area (Å²) < 4.78 is 7.25. The van der Waals surface area contributed by atoms with Crippen molar-refractivity contribution in [2.24, 2.45) is 0 Å². The van der Waals surface area contributed by atoms with E-state index in [1.54, 1.807) is 4.68 Å². The predicted molar refractivity (Wildman–Crippen MR) is 88.5 cm³/mol. The Morgan fingerprint density at radius 2 is 1.88 bits per heavy atom. The molecule has 2 saturated heterocycles. The van der Waals surface area contributed by atoms with Gasteiger partial charge >= 0.3 is 0 Å². The van der Waals surface area contributed by atoms with Crippen molar-refractivity contribution in [3.05, 3.63) is 17.5 Å². The monoisotopic (exact) mass is 334 g/mol. The number of hydrogen-bond acceptors (Lipinski definition) is 4. The molecule has 2 aliphatic heterocycles. The van der Waals surface area contributed by atoms with Crippen LogP contribution < -0.4 is 0 Å². The van der Waals surface area contributed by atoms with Crippen molar-refractivity contribution in [1.82, 2.24) is 19.6 Å². The number of ether oxygens (including phenoxy) is 1. The van der Waals surface area contributed by atoms with E-state index < -0.39 is 0 Å². The lowest BCUT2D eigenvalue weighted by Gasteiger charge is -2.36. The lowest BCUT2D eigenvalue weighted by atomic mass is 10.2. The molecule has 0 bridgehead atoms. The van der Waals surface area contributed by atoms with Crippen molar-refractivity contribution >= 4 is 11.8 Å². The summed E-state index contributed by atoms with van der Waals surface area (Å²) in [5, 5.41) is 4.41. The molecular weight excluding hydrogens is 308 g/mol. The number of piperazine rings is 1.